The molecule has 1 amide bonds. The number of amides is 1. The molecule has 2 aliphatic heterocycles. The number of nitrogens with zero attached hydrogens (tertiary/aromatic N) is 1. The molecule has 15 heteroatoms. The van der Waals surface area contributed by atoms with Gasteiger partial charge >= 0.3 is 18.0 Å². The SMILES string of the molecule is C=C[C@@H]1O[C@@H]2C3=C(C)[C@@H](OC(=O)[C@H](O[Si](C(C)C)(C(C)C)C(C)C)[C@@H](NC(=O)OC(C)(C)C)c4ncccc4F)C[C@@](O)([C@@H](C)[C@H]4[C@@](C)(C=C[C@H]5OC[C@]54OC(C)=O)[C@@H]2O1)C3(C)C. The standard InChI is InChI=1S/C48H71FN2O11Si/c1-17-34-58-38-35-28(8)32(23-48(55,45(35,14)15)29(9)40-46(16,41(38)59-34)21-20-33-47(40,24-56-33)60-30(10)52)57-42(53)39(62-63(25(2)3,26(4)5)27(6)7)37(36-31(49)19-18-22-50-36)51-43(54)61-44(11,12)13/h17-22,25-27,29,32-34,37-41,55H,1,23-24H2,2-16H3,(H,51,54)/t29-,32-,33+,34+,37-,38+,39+,40-,41+,46+,47-,48+/m0/s1. The summed E-state index contributed by atoms with van der Waals surface area (Å²) < 4.78 is 61.4. The van der Waals surface area contributed by atoms with Gasteiger partial charge in [-0.2, -0.15) is 0 Å². The van der Waals surface area contributed by atoms with E-state index in [0.717, 1.165) is 0 Å². The van der Waals surface area contributed by atoms with Crippen molar-refractivity contribution >= 4 is 26.3 Å². The summed E-state index contributed by atoms with van der Waals surface area (Å²) in [6, 6.07) is 1.14. The number of ether oxygens (including phenoxy) is 6. The molecule has 0 unspecified atom stereocenters. The Balaban J connectivity index is 1.54. The Labute approximate surface area is 374 Å². The van der Waals surface area contributed by atoms with Crippen LogP contribution in [-0.4, -0.2) is 96.7 Å². The van der Waals surface area contributed by atoms with Gasteiger partial charge in [-0.3, -0.25) is 9.78 Å². The Kier molecular flexibility index (Phi) is 13.3. The van der Waals surface area contributed by atoms with Gasteiger partial charge in [-0.25, -0.2) is 14.0 Å². The van der Waals surface area contributed by atoms with Crippen molar-refractivity contribution in [1.82, 2.24) is 10.3 Å². The summed E-state index contributed by atoms with van der Waals surface area (Å²) in [5.41, 5.74) is -4.58. The average Bonchev–Trinajstić information content (AvgIpc) is 3.58. The molecule has 12 atom stereocenters. The molecule has 0 radical (unpaired) electrons. The van der Waals surface area contributed by atoms with Crippen molar-refractivity contribution in [3.63, 3.8) is 0 Å². The average molecular weight is 899 g/mol. The van der Waals surface area contributed by atoms with E-state index in [9.17, 15) is 14.7 Å². The number of nitrogens with one attached hydrogen (secondary N) is 1. The van der Waals surface area contributed by atoms with Crippen LogP contribution >= 0.6 is 0 Å². The van der Waals surface area contributed by atoms with Crippen LogP contribution in [0.25, 0.3) is 0 Å². The zero-order valence-electron chi connectivity index (χ0n) is 39.9. The number of carbonyl (C=O) groups is 3. The number of alkyl carbamates (subject to hydrolysis) is 1. The van der Waals surface area contributed by atoms with Gasteiger partial charge in [0.15, 0.2) is 18.0 Å². The van der Waals surface area contributed by atoms with Crippen LogP contribution in [0.3, 0.4) is 0 Å². The van der Waals surface area contributed by atoms with E-state index in [1.54, 1.807) is 26.8 Å². The molecule has 3 fully saturated rings. The van der Waals surface area contributed by atoms with Gasteiger partial charge in [-0.15, -0.1) is 0 Å². The lowest BCUT2D eigenvalue weighted by Gasteiger charge is -2.66. The molecule has 3 aliphatic carbocycles. The van der Waals surface area contributed by atoms with Gasteiger partial charge in [0.05, 0.1) is 12.2 Å². The fourth-order valence-corrected chi connectivity index (χ4v) is 17.9. The Morgan fingerprint density at radius 2 is 1.71 bits per heavy atom. The van der Waals surface area contributed by atoms with E-state index >= 15 is 9.18 Å². The number of esters is 2. The van der Waals surface area contributed by atoms with Crippen LogP contribution in [0.5, 0.6) is 0 Å². The second kappa shape index (κ2) is 17.1. The zero-order chi connectivity index (χ0) is 47.0. The minimum absolute atomic E-state index is 0.0342. The van der Waals surface area contributed by atoms with Gasteiger partial charge in [0.25, 0.3) is 0 Å². The second-order valence-electron chi connectivity index (χ2n) is 21.1. The lowest BCUT2D eigenvalue weighted by molar-refractivity contribution is -0.306. The number of carbonyl (C=O) groups excluding carboxylic acids is 3. The number of aromatic nitrogens is 1. The van der Waals surface area contributed by atoms with Gasteiger partial charge in [-0.1, -0.05) is 88.0 Å². The van der Waals surface area contributed by atoms with Crippen molar-refractivity contribution in [3.8, 4) is 0 Å². The lowest BCUT2D eigenvalue weighted by atomic mass is 9.44. The Morgan fingerprint density at radius 3 is 2.24 bits per heavy atom. The van der Waals surface area contributed by atoms with Crippen LogP contribution in [0.15, 0.2) is 54.3 Å². The fourth-order valence-electron chi connectivity index (χ4n) is 12.4. The van der Waals surface area contributed by atoms with E-state index < -0.39 is 114 Å². The maximum Gasteiger partial charge on any atom is 0.408 e. The number of hydrogen-bond acceptors (Lipinski definition) is 12. The molecule has 0 aromatic carbocycles. The summed E-state index contributed by atoms with van der Waals surface area (Å²) in [6.07, 6.45) is 0.443. The topological polar surface area (TPSA) is 161 Å². The van der Waals surface area contributed by atoms with E-state index in [4.69, 9.17) is 32.8 Å². The van der Waals surface area contributed by atoms with Gasteiger partial charge in [0.2, 0.25) is 8.32 Å². The van der Waals surface area contributed by atoms with Crippen LogP contribution in [0.1, 0.15) is 122 Å². The van der Waals surface area contributed by atoms with E-state index in [1.807, 2.05) is 46.8 Å². The first kappa shape index (κ1) is 49.0. The van der Waals surface area contributed by atoms with E-state index in [2.05, 4.69) is 58.4 Å². The lowest BCUT2D eigenvalue weighted by Crippen LogP contribution is -2.76. The van der Waals surface area contributed by atoms with Crippen LogP contribution in [0.4, 0.5) is 9.18 Å². The predicted molar refractivity (Wildman–Crippen MR) is 236 cm³/mol. The molecule has 63 heavy (non-hydrogen) atoms. The summed E-state index contributed by atoms with van der Waals surface area (Å²) in [7, 11) is -3.03. The first-order chi connectivity index (χ1) is 29.1. The maximum absolute atomic E-state index is 16.1. The molecule has 2 saturated heterocycles. The van der Waals surface area contributed by atoms with E-state index in [1.165, 1.54) is 25.3 Å². The third kappa shape index (κ3) is 8.04. The fraction of sp³-hybridized carbons (Fsp3) is 0.708. The molecule has 2 bridgehead atoms. The number of halogens is 1. The molecule has 6 rings (SSSR count). The third-order valence-corrected chi connectivity index (χ3v) is 21.1. The van der Waals surface area contributed by atoms with Crippen molar-refractivity contribution in [2.45, 2.75) is 187 Å². The zero-order valence-corrected chi connectivity index (χ0v) is 40.9. The first-order valence-electron chi connectivity index (χ1n) is 22.5. The van der Waals surface area contributed by atoms with Crippen LogP contribution < -0.4 is 5.32 Å². The smallest absolute Gasteiger partial charge is 0.408 e. The van der Waals surface area contributed by atoms with Crippen LogP contribution in [0, 0.1) is 28.5 Å². The highest BCUT2D eigenvalue weighted by atomic mass is 28.4. The largest absolute Gasteiger partial charge is 0.456 e. The van der Waals surface area contributed by atoms with Crippen molar-refractivity contribution in [2.75, 3.05) is 6.61 Å². The van der Waals surface area contributed by atoms with Crippen LogP contribution in [-0.2, 0) is 42.4 Å². The molecule has 350 valence electrons. The van der Waals surface area contributed by atoms with Crippen molar-refractivity contribution in [3.05, 3.63) is 65.8 Å². The molecule has 1 saturated carbocycles. The summed E-state index contributed by atoms with van der Waals surface area (Å²) in [4.78, 5) is 46.4. The van der Waals surface area contributed by atoms with Crippen molar-refractivity contribution < 1.29 is 56.7 Å². The van der Waals surface area contributed by atoms with Gasteiger partial charge in [0, 0.05) is 36.3 Å². The summed E-state index contributed by atoms with van der Waals surface area (Å²) >= 11 is 0. The summed E-state index contributed by atoms with van der Waals surface area (Å²) in [5, 5.41) is 16.4. The number of rotatable bonds is 12. The molecule has 13 nitrogen and oxygen atoms in total. The van der Waals surface area contributed by atoms with Gasteiger partial charge < -0.3 is 43.3 Å². The van der Waals surface area contributed by atoms with Gasteiger partial charge in [-0.05, 0) is 79.6 Å². The number of hydrogen-bond donors (Lipinski definition) is 2. The number of fused-ring (bicyclic) bond motifs is 8. The quantitative estimate of drug-likeness (QED) is 0.0892. The molecular formula is C48H71FN2O11Si. The molecule has 1 aromatic rings. The maximum atomic E-state index is 16.1. The minimum Gasteiger partial charge on any atom is -0.456 e. The highest BCUT2D eigenvalue weighted by molar-refractivity contribution is 6.77. The molecule has 2 N–H and O–H groups in total. The summed E-state index contributed by atoms with van der Waals surface area (Å²) in [5.74, 6) is -3.33. The monoisotopic (exact) mass is 898 g/mol. The molecule has 5 aliphatic rings. The third-order valence-electron chi connectivity index (χ3n) is 15.1. The van der Waals surface area contributed by atoms with Crippen molar-refractivity contribution in [2.24, 2.45) is 22.7 Å². The second-order valence-corrected chi connectivity index (χ2v) is 26.5. The molecule has 1 aromatic heterocycles. The van der Waals surface area contributed by atoms with E-state index in [-0.39, 0.29) is 35.3 Å². The predicted octanol–water partition coefficient (Wildman–Crippen LogP) is 8.58. The minimum atomic E-state index is -3.03. The highest BCUT2D eigenvalue weighted by Gasteiger charge is 2.74. The molecule has 3 heterocycles. The van der Waals surface area contributed by atoms with Crippen molar-refractivity contribution in [1.29, 1.82) is 0 Å². The molecular weight excluding hydrogens is 828 g/mol. The first-order valence-corrected chi connectivity index (χ1v) is 24.6. The number of aliphatic hydroxyl groups is 1. The van der Waals surface area contributed by atoms with Crippen LogP contribution in [0.2, 0.25) is 16.6 Å². The molecule has 0 spiro atoms. The van der Waals surface area contributed by atoms with E-state index in [0.29, 0.717) is 11.1 Å². The highest BCUT2D eigenvalue weighted by Crippen LogP contribution is 2.66. The Bertz CT molecular complexity index is 1990. The normalized spacial score (nSPS) is 34.4. The van der Waals surface area contributed by atoms with Gasteiger partial charge in [0.1, 0.15) is 47.6 Å². The Morgan fingerprint density at radius 1 is 1.08 bits per heavy atom. The summed E-state index contributed by atoms with van der Waals surface area (Å²) in [6.45, 7) is 32.7. The Hall–Kier alpha value is -3.47. The number of pyridine rings is 1.